The number of nitrogens with zero attached hydrogens (tertiary/aromatic N) is 4. The molecule has 12 rings (SSSR count). The van der Waals surface area contributed by atoms with Crippen molar-refractivity contribution in [3.8, 4) is 17.1 Å². The van der Waals surface area contributed by atoms with Gasteiger partial charge in [0, 0.05) is 65.8 Å². The van der Waals surface area contributed by atoms with Crippen LogP contribution in [0.25, 0.3) is 110 Å². The highest BCUT2D eigenvalue weighted by molar-refractivity contribution is 6.28. The molecule has 12 aromatic rings. The van der Waals surface area contributed by atoms with Crippen molar-refractivity contribution in [3.05, 3.63) is 207 Å². The number of allylic oxidation sites excluding steroid dienone is 5. The molecule has 0 N–H and O–H groups in total. The van der Waals surface area contributed by atoms with Crippen LogP contribution >= 0.6 is 0 Å². The fraction of sp³-hybridized carbons (Fsp3) is 0.0182. The summed E-state index contributed by atoms with van der Waals surface area (Å²) in [5.74, 6) is 0. The molecule has 0 amide bonds. The van der Waals surface area contributed by atoms with Gasteiger partial charge in [0.25, 0.3) is 0 Å². The summed E-state index contributed by atoms with van der Waals surface area (Å²) >= 11 is 0. The maximum Gasteiger partial charge on any atom is 0.0641 e. The van der Waals surface area contributed by atoms with Crippen molar-refractivity contribution < 1.29 is 0 Å². The smallest absolute Gasteiger partial charge is 0.0641 e. The van der Waals surface area contributed by atoms with E-state index in [9.17, 15) is 0 Å². The normalized spacial score (nSPS) is 12.6. The standard InChI is InChI=1S/C55H38N4/c1-3-5-17-36(4-2)56-48-26-15-11-22-44(48)52-50(56)34-32-42-40-20-9-13-24-46(40)58(54(42)52)38-28-30-39(31-29-38)59-47-25-14-10-21-41(47)43-33-35-51-53(55(43)59)45-23-12-16-27-49(45)57(51)37-18-7-6-8-19-37/h3-35H,1H2,2H3/b17-5-,36-4+. The predicted octanol–water partition coefficient (Wildman–Crippen LogP) is 14.7. The maximum absolute atomic E-state index is 3.94. The Kier molecular flexibility index (Phi) is 7.26. The zero-order valence-electron chi connectivity index (χ0n) is 32.5. The van der Waals surface area contributed by atoms with Gasteiger partial charge in [0.1, 0.15) is 0 Å². The van der Waals surface area contributed by atoms with Crippen LogP contribution in [0.4, 0.5) is 0 Å². The van der Waals surface area contributed by atoms with Gasteiger partial charge in [-0.1, -0.05) is 128 Å². The first-order valence-corrected chi connectivity index (χ1v) is 20.3. The Morgan fingerprint density at radius 1 is 0.390 bits per heavy atom. The minimum atomic E-state index is 1.11. The average Bonchev–Trinajstić information content (AvgIpc) is 4.02. The lowest BCUT2D eigenvalue weighted by Crippen LogP contribution is -1.98. The van der Waals surface area contributed by atoms with Crippen molar-refractivity contribution >= 4 is 92.9 Å². The van der Waals surface area contributed by atoms with Crippen molar-refractivity contribution in [1.82, 2.24) is 18.3 Å². The number of benzene rings is 8. The molecule has 0 aliphatic rings. The monoisotopic (exact) mass is 754 g/mol. The molecule has 0 radical (unpaired) electrons. The van der Waals surface area contributed by atoms with E-state index in [4.69, 9.17) is 0 Å². The number of para-hydroxylation sites is 5. The van der Waals surface area contributed by atoms with Crippen LogP contribution in [0.15, 0.2) is 207 Å². The van der Waals surface area contributed by atoms with Crippen LogP contribution < -0.4 is 0 Å². The van der Waals surface area contributed by atoms with Gasteiger partial charge < -0.3 is 18.3 Å². The molecule has 4 heterocycles. The maximum atomic E-state index is 3.94. The molecule has 0 saturated heterocycles. The first-order valence-electron chi connectivity index (χ1n) is 20.3. The van der Waals surface area contributed by atoms with Gasteiger partial charge in [-0.3, -0.25) is 0 Å². The molecular weight excluding hydrogens is 717 g/mol. The first-order chi connectivity index (χ1) is 29.2. The fourth-order valence-corrected chi connectivity index (χ4v) is 9.90. The van der Waals surface area contributed by atoms with Crippen molar-refractivity contribution in [2.24, 2.45) is 0 Å². The molecule has 0 saturated carbocycles. The number of hydrogen-bond acceptors (Lipinski definition) is 0. The van der Waals surface area contributed by atoms with Crippen LogP contribution in [0.1, 0.15) is 6.92 Å². The van der Waals surface area contributed by atoms with Gasteiger partial charge in [0.2, 0.25) is 0 Å². The Morgan fingerprint density at radius 2 is 0.831 bits per heavy atom. The average molecular weight is 755 g/mol. The van der Waals surface area contributed by atoms with Crippen LogP contribution in [0.3, 0.4) is 0 Å². The highest BCUT2D eigenvalue weighted by atomic mass is 15.0. The summed E-state index contributed by atoms with van der Waals surface area (Å²) in [6, 6.07) is 64.4. The molecular formula is C55H38N4. The summed E-state index contributed by atoms with van der Waals surface area (Å²) in [7, 11) is 0. The van der Waals surface area contributed by atoms with Crippen molar-refractivity contribution in [2.45, 2.75) is 6.92 Å². The highest BCUT2D eigenvalue weighted by Crippen LogP contribution is 2.44. The second kappa shape index (κ2) is 12.9. The predicted molar refractivity (Wildman–Crippen MR) is 252 cm³/mol. The number of hydrogen-bond donors (Lipinski definition) is 0. The topological polar surface area (TPSA) is 19.7 Å². The van der Waals surface area contributed by atoms with Crippen molar-refractivity contribution in [1.29, 1.82) is 0 Å². The zero-order valence-corrected chi connectivity index (χ0v) is 32.5. The van der Waals surface area contributed by atoms with E-state index in [2.05, 4.69) is 220 Å². The zero-order chi connectivity index (χ0) is 39.2. The molecule has 8 aromatic carbocycles. The van der Waals surface area contributed by atoms with Crippen LogP contribution in [0.2, 0.25) is 0 Å². The summed E-state index contributed by atoms with van der Waals surface area (Å²) in [4.78, 5) is 0. The minimum absolute atomic E-state index is 1.11. The van der Waals surface area contributed by atoms with E-state index in [1.54, 1.807) is 0 Å². The van der Waals surface area contributed by atoms with Gasteiger partial charge in [-0.05, 0) is 85.8 Å². The third kappa shape index (κ3) is 4.66. The van der Waals surface area contributed by atoms with Crippen LogP contribution in [-0.2, 0) is 0 Å². The van der Waals surface area contributed by atoms with Gasteiger partial charge in [-0.15, -0.1) is 0 Å². The lowest BCUT2D eigenvalue weighted by Gasteiger charge is -2.13. The second-order valence-corrected chi connectivity index (χ2v) is 15.3. The number of aromatic nitrogens is 4. The van der Waals surface area contributed by atoms with E-state index in [0.717, 1.165) is 22.8 Å². The summed E-state index contributed by atoms with van der Waals surface area (Å²) < 4.78 is 9.74. The number of fused-ring (bicyclic) bond motifs is 14. The number of rotatable bonds is 6. The molecule has 4 aromatic heterocycles. The first kappa shape index (κ1) is 33.3. The molecule has 278 valence electrons. The Morgan fingerprint density at radius 3 is 1.39 bits per heavy atom. The van der Waals surface area contributed by atoms with Gasteiger partial charge in [0.05, 0.1) is 44.1 Å². The molecule has 0 unspecified atom stereocenters. The van der Waals surface area contributed by atoms with Crippen LogP contribution in [0.5, 0.6) is 0 Å². The molecule has 0 aliphatic heterocycles. The van der Waals surface area contributed by atoms with Crippen molar-refractivity contribution in [3.63, 3.8) is 0 Å². The summed E-state index contributed by atoms with van der Waals surface area (Å²) in [6.07, 6.45) is 8.16. The molecule has 4 nitrogen and oxygen atoms in total. The van der Waals surface area contributed by atoms with E-state index in [1.807, 2.05) is 12.2 Å². The fourth-order valence-electron chi connectivity index (χ4n) is 9.90. The summed E-state index contributed by atoms with van der Waals surface area (Å²) in [5.41, 5.74) is 14.1. The Balaban J connectivity index is 1.14. The molecule has 4 heteroatoms. The van der Waals surface area contributed by atoms with Crippen molar-refractivity contribution in [2.75, 3.05) is 0 Å². The van der Waals surface area contributed by atoms with Gasteiger partial charge in [-0.25, -0.2) is 0 Å². The largest absolute Gasteiger partial charge is 0.309 e. The molecule has 0 bridgehead atoms. The lowest BCUT2D eigenvalue weighted by atomic mass is 10.1. The highest BCUT2D eigenvalue weighted by Gasteiger charge is 2.23. The molecule has 0 atom stereocenters. The van der Waals surface area contributed by atoms with Gasteiger partial charge in [-0.2, -0.15) is 0 Å². The molecule has 59 heavy (non-hydrogen) atoms. The van der Waals surface area contributed by atoms with Gasteiger partial charge >= 0.3 is 0 Å². The lowest BCUT2D eigenvalue weighted by molar-refractivity contribution is 1.15. The third-order valence-electron chi connectivity index (χ3n) is 12.3. The quantitative estimate of drug-likeness (QED) is 0.151. The SMILES string of the molecule is C=C/C=C\C(=C/C)n1c2ccccc2c2c1ccc1c3ccccc3n(-c3ccc(-n4c5ccccc5c5ccc6c(c7ccccc7n6-c6ccccc6)c54)cc3)c12. The van der Waals surface area contributed by atoms with E-state index in [1.165, 1.54) is 87.2 Å². The molecule has 0 spiro atoms. The van der Waals surface area contributed by atoms with E-state index < -0.39 is 0 Å². The van der Waals surface area contributed by atoms with Crippen LogP contribution in [-0.4, -0.2) is 18.3 Å². The van der Waals surface area contributed by atoms with E-state index in [0.29, 0.717) is 0 Å². The Hall–Kier alpha value is -7.82. The second-order valence-electron chi connectivity index (χ2n) is 15.3. The molecule has 0 aliphatic carbocycles. The summed E-state index contributed by atoms with van der Waals surface area (Å²) in [6.45, 7) is 6.05. The minimum Gasteiger partial charge on any atom is -0.309 e. The van der Waals surface area contributed by atoms with E-state index in [-0.39, 0.29) is 0 Å². The Labute approximate surface area is 340 Å². The molecule has 0 fully saturated rings. The van der Waals surface area contributed by atoms with E-state index >= 15 is 0 Å². The Bertz CT molecular complexity index is 3730. The third-order valence-corrected chi connectivity index (χ3v) is 12.3. The van der Waals surface area contributed by atoms with Crippen LogP contribution in [0, 0.1) is 0 Å². The summed E-state index contributed by atoms with van der Waals surface area (Å²) in [5, 5.41) is 9.94. The van der Waals surface area contributed by atoms with Gasteiger partial charge in [0.15, 0.2) is 0 Å².